The molecule has 0 saturated carbocycles. The van der Waals surface area contributed by atoms with E-state index in [1.807, 2.05) is 38.4 Å². The molecular weight excluding hydrogens is 218 g/mol. The average molecular weight is 233 g/mol. The Morgan fingerprint density at radius 3 is 2.25 bits per heavy atom. The molecule has 0 bridgehead atoms. The minimum Gasteiger partial charge on any atom is -0.377 e. The Balaban J connectivity index is 2.81. The minimum absolute atomic E-state index is 0.904. The fourth-order valence-electron chi connectivity index (χ4n) is 1.91. The first kappa shape index (κ1) is 11.1. The largest absolute Gasteiger partial charge is 0.377 e. The van der Waals surface area contributed by atoms with E-state index in [4.69, 9.17) is 0 Å². The van der Waals surface area contributed by atoms with Crippen LogP contribution in [0.4, 0.5) is 5.69 Å². The van der Waals surface area contributed by atoms with E-state index in [2.05, 4.69) is 17.0 Å². The van der Waals surface area contributed by atoms with E-state index in [9.17, 15) is 4.21 Å². The van der Waals surface area contributed by atoms with Crippen molar-refractivity contribution in [2.24, 2.45) is 0 Å². The third-order valence-corrected chi connectivity index (χ3v) is 3.63. The second kappa shape index (κ2) is 4.26. The molecule has 0 heterocycles. The van der Waals surface area contributed by atoms with Crippen LogP contribution < -0.4 is 4.90 Å². The summed E-state index contributed by atoms with van der Waals surface area (Å²) in [5.74, 6) is 0. The van der Waals surface area contributed by atoms with Crippen LogP contribution in [0.25, 0.3) is 10.8 Å². The van der Waals surface area contributed by atoms with Crippen LogP contribution in [0.3, 0.4) is 0 Å². The molecule has 2 rings (SSSR count). The van der Waals surface area contributed by atoms with Gasteiger partial charge in [-0.2, -0.15) is 0 Å². The highest BCUT2D eigenvalue weighted by atomic mass is 32.2. The van der Waals surface area contributed by atoms with Crippen molar-refractivity contribution in [3.05, 3.63) is 36.4 Å². The maximum Gasteiger partial charge on any atom is 0.0504 e. The van der Waals surface area contributed by atoms with E-state index in [0.717, 1.165) is 21.4 Å². The number of fused-ring (bicyclic) bond motifs is 1. The topological polar surface area (TPSA) is 20.3 Å². The summed E-state index contributed by atoms with van der Waals surface area (Å²) in [6, 6.07) is 12.1. The van der Waals surface area contributed by atoms with Crippen molar-refractivity contribution in [3.8, 4) is 0 Å². The van der Waals surface area contributed by atoms with Gasteiger partial charge in [0.05, 0.1) is 10.8 Å². The summed E-state index contributed by atoms with van der Waals surface area (Å²) in [4.78, 5) is 2.98. The second-order valence-corrected chi connectivity index (χ2v) is 5.33. The molecule has 2 aromatic carbocycles. The molecule has 0 aliphatic rings. The number of hydrogen-bond acceptors (Lipinski definition) is 2. The molecule has 0 aliphatic heterocycles. The van der Waals surface area contributed by atoms with Gasteiger partial charge in [-0.15, -0.1) is 0 Å². The highest BCUT2D eigenvalue weighted by molar-refractivity contribution is 7.84. The molecule has 3 heteroatoms. The summed E-state index contributed by atoms with van der Waals surface area (Å²) in [5, 5.41) is 2.23. The number of anilines is 1. The highest BCUT2D eigenvalue weighted by Crippen LogP contribution is 2.28. The lowest BCUT2D eigenvalue weighted by Crippen LogP contribution is -2.09. The Kier molecular flexibility index (Phi) is 2.97. The molecule has 0 aromatic heterocycles. The van der Waals surface area contributed by atoms with Crippen molar-refractivity contribution in [3.63, 3.8) is 0 Å². The van der Waals surface area contributed by atoms with Crippen LogP contribution >= 0.6 is 0 Å². The van der Waals surface area contributed by atoms with Gasteiger partial charge in [0.1, 0.15) is 0 Å². The summed E-state index contributed by atoms with van der Waals surface area (Å²) >= 11 is 0. The molecule has 0 radical (unpaired) electrons. The summed E-state index contributed by atoms with van der Waals surface area (Å²) in [6.07, 6.45) is 1.72. The Hall–Kier alpha value is -1.35. The highest BCUT2D eigenvalue weighted by Gasteiger charge is 2.07. The molecule has 2 aromatic rings. The van der Waals surface area contributed by atoms with E-state index >= 15 is 0 Å². The first-order valence-electron chi connectivity index (χ1n) is 5.14. The molecule has 0 fully saturated rings. The van der Waals surface area contributed by atoms with E-state index in [1.165, 1.54) is 0 Å². The van der Waals surface area contributed by atoms with Crippen molar-refractivity contribution in [2.75, 3.05) is 25.3 Å². The fourth-order valence-corrected chi connectivity index (χ4v) is 2.66. The fraction of sp³-hybridized carbons (Fsp3) is 0.231. The zero-order valence-electron chi connectivity index (χ0n) is 9.73. The van der Waals surface area contributed by atoms with Crippen molar-refractivity contribution >= 4 is 27.3 Å². The van der Waals surface area contributed by atoms with Crippen molar-refractivity contribution in [1.29, 1.82) is 0 Å². The number of hydrogen-bond donors (Lipinski definition) is 0. The third-order valence-electron chi connectivity index (χ3n) is 2.65. The Morgan fingerprint density at radius 2 is 1.62 bits per heavy atom. The first-order valence-corrected chi connectivity index (χ1v) is 6.69. The Morgan fingerprint density at radius 1 is 1.00 bits per heavy atom. The molecule has 2 nitrogen and oxygen atoms in total. The van der Waals surface area contributed by atoms with Gasteiger partial charge in [0.2, 0.25) is 0 Å². The number of rotatable bonds is 2. The van der Waals surface area contributed by atoms with Gasteiger partial charge in [-0.25, -0.2) is 0 Å². The molecular formula is C13H15NOS. The predicted molar refractivity (Wildman–Crippen MR) is 70.6 cm³/mol. The van der Waals surface area contributed by atoms with Gasteiger partial charge in [-0.05, 0) is 17.5 Å². The standard InChI is InChI=1S/C13H15NOS/c1-14(2)12-8-4-7-11-10(12)6-5-9-13(11)16(3)15/h4-9H,1-3H3. The SMILES string of the molecule is CN(C)c1cccc2c(S(C)=O)cccc12. The van der Waals surface area contributed by atoms with E-state index in [0.29, 0.717) is 0 Å². The quantitative estimate of drug-likeness (QED) is 0.794. The second-order valence-electron chi connectivity index (χ2n) is 3.98. The molecule has 0 N–H and O–H groups in total. The maximum atomic E-state index is 11.6. The van der Waals surface area contributed by atoms with Gasteiger partial charge in [-0.3, -0.25) is 4.21 Å². The van der Waals surface area contributed by atoms with Crippen LogP contribution in [-0.4, -0.2) is 24.6 Å². The van der Waals surface area contributed by atoms with Crippen molar-refractivity contribution in [1.82, 2.24) is 0 Å². The minimum atomic E-state index is -0.944. The third kappa shape index (κ3) is 1.83. The maximum absolute atomic E-state index is 11.6. The van der Waals surface area contributed by atoms with Gasteiger partial charge in [0.25, 0.3) is 0 Å². The summed E-state index contributed by atoms with van der Waals surface area (Å²) in [5.41, 5.74) is 1.16. The lowest BCUT2D eigenvalue weighted by molar-refractivity contribution is 0.687. The van der Waals surface area contributed by atoms with Gasteiger partial charge in [-0.1, -0.05) is 24.3 Å². The van der Waals surface area contributed by atoms with E-state index in [-0.39, 0.29) is 0 Å². The zero-order chi connectivity index (χ0) is 11.7. The van der Waals surface area contributed by atoms with Crippen molar-refractivity contribution in [2.45, 2.75) is 4.90 Å². The number of benzene rings is 2. The molecule has 1 unspecified atom stereocenters. The monoisotopic (exact) mass is 233 g/mol. The molecule has 0 spiro atoms. The smallest absolute Gasteiger partial charge is 0.0504 e. The van der Waals surface area contributed by atoms with Crippen LogP contribution in [0.15, 0.2) is 41.3 Å². The van der Waals surface area contributed by atoms with Gasteiger partial charge < -0.3 is 4.90 Å². The molecule has 0 amide bonds. The summed E-state index contributed by atoms with van der Waals surface area (Å²) < 4.78 is 11.6. The summed E-state index contributed by atoms with van der Waals surface area (Å²) in [6.45, 7) is 0. The molecule has 84 valence electrons. The van der Waals surface area contributed by atoms with Crippen LogP contribution in [0.2, 0.25) is 0 Å². The van der Waals surface area contributed by atoms with E-state index in [1.54, 1.807) is 6.26 Å². The van der Waals surface area contributed by atoms with Crippen molar-refractivity contribution < 1.29 is 4.21 Å². The first-order chi connectivity index (χ1) is 7.61. The molecule has 0 aliphatic carbocycles. The molecule has 16 heavy (non-hydrogen) atoms. The molecule has 0 saturated heterocycles. The van der Waals surface area contributed by atoms with Crippen LogP contribution in [-0.2, 0) is 10.8 Å². The number of nitrogens with zero attached hydrogens (tertiary/aromatic N) is 1. The van der Waals surface area contributed by atoms with Crippen LogP contribution in [0.5, 0.6) is 0 Å². The Bertz CT molecular complexity index is 549. The summed E-state index contributed by atoms with van der Waals surface area (Å²) in [7, 11) is 3.09. The Labute approximate surface area is 98.3 Å². The van der Waals surface area contributed by atoms with Gasteiger partial charge >= 0.3 is 0 Å². The van der Waals surface area contributed by atoms with E-state index < -0.39 is 10.8 Å². The van der Waals surface area contributed by atoms with Crippen LogP contribution in [0, 0.1) is 0 Å². The predicted octanol–water partition coefficient (Wildman–Crippen LogP) is 2.64. The lowest BCUT2D eigenvalue weighted by atomic mass is 10.1. The lowest BCUT2D eigenvalue weighted by Gasteiger charge is -2.16. The molecule has 1 atom stereocenters. The average Bonchev–Trinajstić information content (AvgIpc) is 2.27. The normalized spacial score (nSPS) is 12.7. The van der Waals surface area contributed by atoms with Gasteiger partial charge in [0, 0.05) is 36.3 Å². The van der Waals surface area contributed by atoms with Gasteiger partial charge in [0.15, 0.2) is 0 Å². The zero-order valence-corrected chi connectivity index (χ0v) is 10.5. The van der Waals surface area contributed by atoms with Crippen LogP contribution in [0.1, 0.15) is 0 Å².